The van der Waals surface area contributed by atoms with Gasteiger partial charge in [-0.3, -0.25) is 14.9 Å². The van der Waals surface area contributed by atoms with E-state index >= 15 is 0 Å². The summed E-state index contributed by atoms with van der Waals surface area (Å²) < 4.78 is 0. The second kappa shape index (κ2) is 5.27. The second-order valence-corrected chi connectivity index (χ2v) is 4.06. The van der Waals surface area contributed by atoms with Gasteiger partial charge in [-0.2, -0.15) is 5.53 Å². The molecular weight excluding hydrogens is 262 g/mol. The third-order valence-corrected chi connectivity index (χ3v) is 2.72. The molecule has 9 heteroatoms. The Bertz CT molecular complexity index is 466. The largest absolute Gasteiger partial charge is 0.325 e. The minimum atomic E-state index is -0.637. The number of hydrogen-bond acceptors (Lipinski definition) is 6. The molecule has 1 heterocycles. The van der Waals surface area contributed by atoms with Crippen LogP contribution in [0.3, 0.4) is 0 Å². The molecule has 0 aromatic heterocycles. The minimum Gasteiger partial charge on any atom is -0.325 e. The first kappa shape index (κ1) is 12.7. The maximum Gasteiger partial charge on any atom is 0.269 e. The van der Waals surface area contributed by atoms with Gasteiger partial charge in [0.15, 0.2) is 0 Å². The van der Waals surface area contributed by atoms with Crippen LogP contribution in [0, 0.1) is 10.1 Å². The quantitative estimate of drug-likeness (QED) is 0.268. The Balaban J connectivity index is 2.00. The lowest BCUT2D eigenvalue weighted by atomic mass is 10.2. The number of non-ortho nitro benzene ring substituents is 1. The molecule has 2 unspecified atom stereocenters. The van der Waals surface area contributed by atoms with Crippen molar-refractivity contribution in [1.82, 2.24) is 16.4 Å². The zero-order valence-corrected chi connectivity index (χ0v) is 9.77. The van der Waals surface area contributed by atoms with Crippen LogP contribution in [0.4, 0.5) is 11.4 Å². The fourth-order valence-electron chi connectivity index (χ4n) is 1.43. The lowest BCUT2D eigenvalue weighted by molar-refractivity contribution is -0.384. The van der Waals surface area contributed by atoms with Gasteiger partial charge < -0.3 is 5.32 Å². The number of rotatable bonds is 3. The predicted molar refractivity (Wildman–Crippen MR) is 64.6 cm³/mol. The molecule has 4 N–H and O–H groups in total. The van der Waals surface area contributed by atoms with Crippen LogP contribution >= 0.6 is 11.6 Å². The Morgan fingerprint density at radius 2 is 2.00 bits per heavy atom. The molecule has 96 valence electrons. The number of carbonyl (C=O) groups is 1. The summed E-state index contributed by atoms with van der Waals surface area (Å²) in [5.41, 5.74) is 7.63. The lowest BCUT2D eigenvalue weighted by Gasteiger charge is -2.12. The number of anilines is 1. The molecule has 1 saturated heterocycles. The van der Waals surface area contributed by atoms with Crippen LogP contribution in [-0.2, 0) is 4.79 Å². The van der Waals surface area contributed by atoms with Crippen molar-refractivity contribution in [2.24, 2.45) is 0 Å². The van der Waals surface area contributed by atoms with Crippen LogP contribution in [0.2, 0.25) is 0 Å². The van der Waals surface area contributed by atoms with E-state index in [4.69, 9.17) is 11.6 Å². The molecule has 1 aliphatic rings. The molecule has 1 aromatic rings. The molecule has 1 amide bonds. The zero-order chi connectivity index (χ0) is 13.1. The van der Waals surface area contributed by atoms with E-state index in [2.05, 4.69) is 21.7 Å². The van der Waals surface area contributed by atoms with E-state index < -0.39 is 16.5 Å². The van der Waals surface area contributed by atoms with Gasteiger partial charge in [0.2, 0.25) is 5.91 Å². The third kappa shape index (κ3) is 2.74. The predicted octanol–water partition coefficient (Wildman–Crippen LogP) is 0.0792. The number of hydrogen-bond donors (Lipinski definition) is 4. The number of nitro benzene ring substituents is 1. The van der Waals surface area contributed by atoms with Crippen LogP contribution < -0.4 is 21.7 Å². The highest BCUT2D eigenvalue weighted by molar-refractivity contribution is 6.23. The first-order chi connectivity index (χ1) is 8.58. The molecule has 8 nitrogen and oxygen atoms in total. The van der Waals surface area contributed by atoms with Crippen molar-refractivity contribution in [1.29, 1.82) is 0 Å². The number of nitrogens with zero attached hydrogens (tertiary/aromatic N) is 1. The number of nitro groups is 1. The fourth-order valence-corrected chi connectivity index (χ4v) is 1.66. The average Bonchev–Trinajstić information content (AvgIpc) is 2.76. The van der Waals surface area contributed by atoms with E-state index in [-0.39, 0.29) is 11.6 Å². The normalized spacial score (nSPS) is 22.7. The van der Waals surface area contributed by atoms with E-state index in [0.717, 1.165) is 0 Å². The third-order valence-electron chi connectivity index (χ3n) is 2.36. The molecule has 18 heavy (non-hydrogen) atoms. The number of halogens is 1. The van der Waals surface area contributed by atoms with Crippen LogP contribution in [0.15, 0.2) is 24.3 Å². The number of nitrogens with one attached hydrogen (secondary N) is 4. The Labute approximate surface area is 107 Å². The molecule has 0 spiro atoms. The maximum atomic E-state index is 11.8. The SMILES string of the molecule is O=C(Nc1ccc([N+](=O)[O-])cc1)C1NNNC1Cl. The molecular formula is C9H10ClN5O3. The summed E-state index contributed by atoms with van der Waals surface area (Å²) in [5, 5.41) is 13.1. The van der Waals surface area contributed by atoms with Crippen molar-refractivity contribution >= 4 is 28.9 Å². The van der Waals surface area contributed by atoms with Crippen molar-refractivity contribution in [3.8, 4) is 0 Å². The Morgan fingerprint density at radius 3 is 2.50 bits per heavy atom. The summed E-state index contributed by atoms with van der Waals surface area (Å²) in [7, 11) is 0. The number of carbonyl (C=O) groups excluding carboxylic acids is 1. The van der Waals surface area contributed by atoms with Gasteiger partial charge in [-0.15, -0.1) is 11.6 Å². The highest BCUT2D eigenvalue weighted by Crippen LogP contribution is 2.16. The van der Waals surface area contributed by atoms with Gasteiger partial charge in [-0.05, 0) is 12.1 Å². The highest BCUT2D eigenvalue weighted by Gasteiger charge is 2.31. The van der Waals surface area contributed by atoms with Crippen molar-refractivity contribution in [2.75, 3.05) is 5.32 Å². The number of hydrazine groups is 2. The molecule has 0 radical (unpaired) electrons. The highest BCUT2D eigenvalue weighted by atomic mass is 35.5. The summed E-state index contributed by atoms with van der Waals surface area (Å²) in [6.07, 6.45) is 0. The summed E-state index contributed by atoms with van der Waals surface area (Å²) in [6, 6.07) is 4.89. The Hall–Kier alpha value is -1.74. The van der Waals surface area contributed by atoms with Crippen molar-refractivity contribution in [3.63, 3.8) is 0 Å². The van der Waals surface area contributed by atoms with Gasteiger partial charge in [0.1, 0.15) is 11.5 Å². The van der Waals surface area contributed by atoms with Crippen LogP contribution in [0.5, 0.6) is 0 Å². The second-order valence-electron chi connectivity index (χ2n) is 3.59. The molecule has 0 saturated carbocycles. The first-order valence-corrected chi connectivity index (χ1v) is 5.47. The number of benzene rings is 1. The average molecular weight is 272 g/mol. The Kier molecular flexibility index (Phi) is 3.72. The van der Waals surface area contributed by atoms with E-state index in [1.165, 1.54) is 24.3 Å². The molecule has 1 aliphatic heterocycles. The van der Waals surface area contributed by atoms with Gasteiger partial charge in [0, 0.05) is 17.8 Å². The molecule has 0 bridgehead atoms. The smallest absolute Gasteiger partial charge is 0.269 e. The molecule has 1 fully saturated rings. The fraction of sp³-hybridized carbons (Fsp3) is 0.222. The van der Waals surface area contributed by atoms with Crippen molar-refractivity contribution in [3.05, 3.63) is 34.4 Å². The lowest BCUT2D eigenvalue weighted by Crippen LogP contribution is -2.42. The summed E-state index contributed by atoms with van der Waals surface area (Å²) >= 11 is 5.82. The Morgan fingerprint density at radius 1 is 1.33 bits per heavy atom. The van der Waals surface area contributed by atoms with Crippen molar-refractivity contribution in [2.45, 2.75) is 11.5 Å². The van der Waals surface area contributed by atoms with Gasteiger partial charge >= 0.3 is 0 Å². The van der Waals surface area contributed by atoms with Gasteiger partial charge in [-0.1, -0.05) is 0 Å². The van der Waals surface area contributed by atoms with E-state index in [1.807, 2.05) is 0 Å². The molecule has 2 rings (SSSR count). The molecule has 0 aliphatic carbocycles. The van der Waals surface area contributed by atoms with Gasteiger partial charge in [0.25, 0.3) is 5.69 Å². The minimum absolute atomic E-state index is 0.0365. The maximum absolute atomic E-state index is 11.8. The van der Waals surface area contributed by atoms with Gasteiger partial charge in [0.05, 0.1) is 4.92 Å². The van der Waals surface area contributed by atoms with E-state index in [9.17, 15) is 14.9 Å². The van der Waals surface area contributed by atoms with Crippen LogP contribution in [0.1, 0.15) is 0 Å². The summed E-state index contributed by atoms with van der Waals surface area (Å²) in [4.78, 5) is 21.7. The molecule has 2 atom stereocenters. The van der Waals surface area contributed by atoms with Crippen molar-refractivity contribution < 1.29 is 9.72 Å². The first-order valence-electron chi connectivity index (χ1n) is 5.03. The topological polar surface area (TPSA) is 108 Å². The van der Waals surface area contributed by atoms with E-state index in [1.54, 1.807) is 0 Å². The summed E-state index contributed by atoms with van der Waals surface area (Å²) in [6.45, 7) is 0. The van der Waals surface area contributed by atoms with Crippen LogP contribution in [-0.4, -0.2) is 22.4 Å². The monoisotopic (exact) mass is 271 g/mol. The standard InChI is InChI=1S/C9H10ClN5O3/c10-8-7(12-14-13-8)9(16)11-5-1-3-6(4-2-5)15(17)18/h1-4,7-8,12-14H,(H,11,16). The van der Waals surface area contributed by atoms with Crippen LogP contribution in [0.25, 0.3) is 0 Å². The molecule has 1 aromatic carbocycles. The van der Waals surface area contributed by atoms with E-state index in [0.29, 0.717) is 5.69 Å². The zero-order valence-electron chi connectivity index (χ0n) is 9.01. The summed E-state index contributed by atoms with van der Waals surface area (Å²) in [5.74, 6) is -0.346. The number of amides is 1. The van der Waals surface area contributed by atoms with Gasteiger partial charge in [-0.25, -0.2) is 10.9 Å². The number of alkyl halides is 1.